The quantitative estimate of drug-likeness (QED) is 0.611. The van der Waals surface area contributed by atoms with Crippen molar-refractivity contribution >= 4 is 39.5 Å². The van der Waals surface area contributed by atoms with Gasteiger partial charge in [-0.2, -0.15) is 4.79 Å². The highest BCUT2D eigenvalue weighted by Gasteiger charge is 2.60. The third-order valence-electron chi connectivity index (χ3n) is 4.13. The minimum Gasteiger partial charge on any atom is -0.458 e. The number of hydrogen-bond acceptors (Lipinski definition) is 5. The van der Waals surface area contributed by atoms with E-state index in [1.54, 1.807) is 33.8 Å². The van der Waals surface area contributed by atoms with Crippen LogP contribution in [-0.4, -0.2) is 44.0 Å². The summed E-state index contributed by atoms with van der Waals surface area (Å²) in [6, 6.07) is 4.54. The number of rotatable bonds is 4. The fraction of sp³-hybridized carbons (Fsp3) is 0.412. The Morgan fingerprint density at radius 2 is 1.88 bits per heavy atom. The summed E-state index contributed by atoms with van der Waals surface area (Å²) in [7, 11) is -3.54. The second-order valence-electron chi connectivity index (χ2n) is 7.02. The molecule has 1 amide bonds. The SMILES string of the molecule is CCOC(=O)C1=Cc2ccc(NS(C)(=O)=O)cc2[N+]1(C(=O)O)C(C)(C)C. The number of sulfonamides is 1. The smallest absolute Gasteiger partial charge is 0.458 e. The largest absolute Gasteiger partial charge is 0.524 e. The van der Waals surface area contributed by atoms with Gasteiger partial charge >= 0.3 is 12.1 Å². The highest BCUT2D eigenvalue weighted by molar-refractivity contribution is 7.92. The van der Waals surface area contributed by atoms with Crippen LogP contribution in [0.2, 0.25) is 0 Å². The number of hydrogen-bond donors (Lipinski definition) is 2. The molecular formula is C17H23N2O6S+. The number of carboxylic acid groups (broad SMARTS) is 1. The van der Waals surface area contributed by atoms with Gasteiger partial charge in [-0.1, -0.05) is 0 Å². The Morgan fingerprint density at radius 3 is 2.35 bits per heavy atom. The van der Waals surface area contributed by atoms with Gasteiger partial charge in [0.1, 0.15) is 5.54 Å². The molecule has 1 unspecified atom stereocenters. The molecule has 0 saturated carbocycles. The Kier molecular flexibility index (Phi) is 4.91. The van der Waals surface area contributed by atoms with Crippen LogP contribution in [0.5, 0.6) is 0 Å². The molecule has 9 heteroatoms. The van der Waals surface area contributed by atoms with Crippen LogP contribution < -0.4 is 9.21 Å². The zero-order valence-corrected chi connectivity index (χ0v) is 16.2. The van der Waals surface area contributed by atoms with Crippen molar-refractivity contribution in [2.45, 2.75) is 33.2 Å². The molecule has 0 radical (unpaired) electrons. The second kappa shape index (κ2) is 6.40. The highest BCUT2D eigenvalue weighted by atomic mass is 32.2. The van der Waals surface area contributed by atoms with E-state index in [0.29, 0.717) is 11.3 Å². The Labute approximate surface area is 152 Å². The number of quaternary nitrogens is 1. The molecule has 1 atom stereocenters. The number of nitrogens with one attached hydrogen (secondary N) is 1. The van der Waals surface area contributed by atoms with Crippen LogP contribution in [0.3, 0.4) is 0 Å². The monoisotopic (exact) mass is 383 g/mol. The number of amides is 1. The van der Waals surface area contributed by atoms with Crippen molar-refractivity contribution in [3.05, 3.63) is 29.5 Å². The third kappa shape index (κ3) is 3.19. The first-order chi connectivity index (χ1) is 11.8. The van der Waals surface area contributed by atoms with Gasteiger partial charge in [0, 0.05) is 17.7 Å². The van der Waals surface area contributed by atoms with Crippen LogP contribution in [0, 0.1) is 0 Å². The first kappa shape index (κ1) is 19.9. The number of ether oxygens (including phenoxy) is 1. The van der Waals surface area contributed by atoms with Gasteiger partial charge < -0.3 is 9.84 Å². The number of carbonyl (C=O) groups excluding carboxylic acids is 1. The molecule has 8 nitrogen and oxygen atoms in total. The molecule has 0 aliphatic carbocycles. The van der Waals surface area contributed by atoms with Gasteiger partial charge in [-0.25, -0.2) is 13.2 Å². The predicted molar refractivity (Wildman–Crippen MR) is 99.1 cm³/mol. The van der Waals surface area contributed by atoms with Crippen molar-refractivity contribution in [2.75, 3.05) is 17.6 Å². The van der Waals surface area contributed by atoms with Crippen LogP contribution in [0.4, 0.5) is 16.2 Å². The summed E-state index contributed by atoms with van der Waals surface area (Å²) in [4.78, 5) is 24.9. The Hall–Kier alpha value is -2.39. The lowest BCUT2D eigenvalue weighted by atomic mass is 9.99. The van der Waals surface area contributed by atoms with Crippen LogP contribution in [-0.2, 0) is 19.6 Å². The molecule has 0 fully saturated rings. The lowest BCUT2D eigenvalue weighted by Gasteiger charge is -2.40. The number of nitrogens with zero attached hydrogens (tertiary/aromatic N) is 1. The van der Waals surface area contributed by atoms with E-state index >= 15 is 0 Å². The van der Waals surface area contributed by atoms with Crippen LogP contribution in [0.1, 0.15) is 33.3 Å². The zero-order chi connectivity index (χ0) is 19.9. The van der Waals surface area contributed by atoms with E-state index in [1.807, 2.05) is 0 Å². The minimum absolute atomic E-state index is 0.0293. The van der Waals surface area contributed by atoms with Gasteiger partial charge in [-0.3, -0.25) is 4.72 Å². The van der Waals surface area contributed by atoms with Crippen molar-refractivity contribution < 1.29 is 27.9 Å². The van der Waals surface area contributed by atoms with Gasteiger partial charge in [0.05, 0.1) is 18.6 Å². The molecule has 1 aliphatic heterocycles. The molecule has 0 saturated heterocycles. The lowest BCUT2D eigenvalue weighted by Crippen LogP contribution is -2.64. The molecule has 26 heavy (non-hydrogen) atoms. The van der Waals surface area contributed by atoms with Crippen molar-refractivity contribution in [1.82, 2.24) is 4.48 Å². The van der Waals surface area contributed by atoms with Crippen molar-refractivity contribution in [3.8, 4) is 0 Å². The van der Waals surface area contributed by atoms with E-state index in [2.05, 4.69) is 4.72 Å². The third-order valence-corrected chi connectivity index (χ3v) is 4.73. The van der Waals surface area contributed by atoms with E-state index < -0.39 is 32.1 Å². The summed E-state index contributed by atoms with van der Waals surface area (Å²) in [6.07, 6.45) is 1.23. The van der Waals surface area contributed by atoms with E-state index in [1.165, 1.54) is 18.2 Å². The van der Waals surface area contributed by atoms with Crippen molar-refractivity contribution in [3.63, 3.8) is 0 Å². The number of anilines is 1. The van der Waals surface area contributed by atoms with Gasteiger partial charge in [0.25, 0.3) is 0 Å². The maximum Gasteiger partial charge on any atom is 0.524 e. The van der Waals surface area contributed by atoms with Gasteiger partial charge in [-0.05, 0) is 39.8 Å². The normalized spacial score (nSPS) is 19.5. The number of benzene rings is 1. The number of esters is 1. The summed E-state index contributed by atoms with van der Waals surface area (Å²) in [5, 5.41) is 10.1. The Morgan fingerprint density at radius 1 is 1.27 bits per heavy atom. The van der Waals surface area contributed by atoms with Gasteiger partial charge in [0.2, 0.25) is 15.7 Å². The molecule has 2 rings (SSSR count). The van der Waals surface area contributed by atoms with E-state index in [9.17, 15) is 23.1 Å². The summed E-state index contributed by atoms with van der Waals surface area (Å²) >= 11 is 0. The average Bonchev–Trinajstić information content (AvgIpc) is 2.80. The summed E-state index contributed by atoms with van der Waals surface area (Å²) < 4.78 is 29.7. The second-order valence-corrected chi connectivity index (χ2v) is 8.77. The maximum atomic E-state index is 12.5. The number of carbonyl (C=O) groups is 2. The van der Waals surface area contributed by atoms with Crippen LogP contribution in [0.25, 0.3) is 6.08 Å². The summed E-state index contributed by atoms with van der Waals surface area (Å²) in [6.45, 7) is 6.83. The first-order valence-electron chi connectivity index (χ1n) is 7.99. The fourth-order valence-corrected chi connectivity index (χ4v) is 3.78. The molecule has 1 heterocycles. The number of fused-ring (bicyclic) bond motifs is 1. The molecular weight excluding hydrogens is 360 g/mol. The van der Waals surface area contributed by atoms with E-state index in [4.69, 9.17) is 4.74 Å². The molecule has 1 aliphatic rings. The highest BCUT2D eigenvalue weighted by Crippen LogP contribution is 2.48. The average molecular weight is 383 g/mol. The van der Waals surface area contributed by atoms with E-state index in [-0.39, 0.29) is 18.0 Å². The molecule has 0 aromatic heterocycles. The van der Waals surface area contributed by atoms with Crippen LogP contribution in [0.15, 0.2) is 23.9 Å². The molecule has 142 valence electrons. The molecule has 2 N–H and O–H groups in total. The Bertz CT molecular complexity index is 898. The Balaban J connectivity index is 2.77. The molecule has 1 aromatic carbocycles. The molecule has 0 bridgehead atoms. The zero-order valence-electron chi connectivity index (χ0n) is 15.4. The first-order valence-corrected chi connectivity index (χ1v) is 9.88. The lowest BCUT2D eigenvalue weighted by molar-refractivity contribution is -0.140. The van der Waals surface area contributed by atoms with Gasteiger partial charge in [-0.15, -0.1) is 4.48 Å². The minimum atomic E-state index is -3.54. The van der Waals surface area contributed by atoms with Crippen LogP contribution >= 0.6 is 0 Å². The predicted octanol–water partition coefficient (Wildman–Crippen LogP) is 2.76. The summed E-state index contributed by atoms with van der Waals surface area (Å²) in [5.41, 5.74) is 0.0570. The fourth-order valence-electron chi connectivity index (χ4n) is 3.22. The standard InChI is InChI=1S/C17H22N2O6S/c1-6-25-15(20)14-9-11-7-8-12(18-26(5,23)24)10-13(11)19(14,16(21)22)17(2,3)4/h7-10H,6H2,1-5H3,(H-,18,20,21,22)/p+1. The van der Waals surface area contributed by atoms with Crippen molar-refractivity contribution in [1.29, 1.82) is 0 Å². The van der Waals surface area contributed by atoms with Crippen molar-refractivity contribution in [2.24, 2.45) is 0 Å². The van der Waals surface area contributed by atoms with Gasteiger partial charge in [0.15, 0.2) is 5.69 Å². The maximum absolute atomic E-state index is 12.5. The van der Waals surface area contributed by atoms with E-state index in [0.717, 1.165) is 6.26 Å². The molecule has 0 spiro atoms. The molecule has 1 aromatic rings. The summed E-state index contributed by atoms with van der Waals surface area (Å²) in [5.74, 6) is -0.723. The topological polar surface area (TPSA) is 110 Å².